The highest BCUT2D eigenvalue weighted by Crippen LogP contribution is 2.45. The molecule has 0 saturated carbocycles. The Morgan fingerprint density at radius 1 is 1.18 bits per heavy atom. The average Bonchev–Trinajstić information content (AvgIpc) is 2.09. The molecule has 0 radical (unpaired) electrons. The lowest BCUT2D eigenvalue weighted by Crippen LogP contribution is -2.04. The Kier molecular flexibility index (Phi) is 4.74. The van der Waals surface area contributed by atoms with Gasteiger partial charge in [0.2, 0.25) is 0 Å². The normalized spacial score (nSPS) is 12.0. The zero-order chi connectivity index (χ0) is 13.2. The summed E-state index contributed by atoms with van der Waals surface area (Å²) in [5.74, 6) is -0.596. The maximum Gasteiger partial charge on any atom is 0.446 e. The summed E-state index contributed by atoms with van der Waals surface area (Å²) in [5, 5.41) is -0.742. The molecule has 0 aromatic heterocycles. The van der Waals surface area contributed by atoms with E-state index < -0.39 is 39.5 Å². The molecule has 0 heterocycles. The summed E-state index contributed by atoms with van der Waals surface area (Å²) in [4.78, 5) is -0.498. The first-order valence-corrected chi connectivity index (χ1v) is 5.46. The summed E-state index contributed by atoms with van der Waals surface area (Å²) in [6.07, 6.45) is 0. The van der Waals surface area contributed by atoms with Crippen LogP contribution < -0.4 is 4.74 Å². The predicted molar refractivity (Wildman–Crippen MR) is 55.0 cm³/mol. The Hall–Kier alpha value is -0.400. The minimum Gasteiger partial charge on any atom is -0.433 e. The van der Waals surface area contributed by atoms with Gasteiger partial charge in [0, 0.05) is 16.0 Å². The highest BCUT2D eigenvalue weighted by Gasteiger charge is 2.31. The minimum absolute atomic E-state index is 0.184. The molecule has 1 aromatic rings. The molecule has 17 heavy (non-hydrogen) atoms. The lowest BCUT2D eigenvalue weighted by atomic mass is 10.3. The third kappa shape index (κ3) is 4.77. The Labute approximate surface area is 107 Å². The molecule has 0 unspecified atom stereocenters. The lowest BCUT2D eigenvalue weighted by molar-refractivity contribution is -0.0499. The van der Waals surface area contributed by atoms with Gasteiger partial charge in [-0.1, -0.05) is 23.2 Å². The molecule has 0 aliphatic heterocycles. The molecular weight excluding hydrogens is 310 g/mol. The van der Waals surface area contributed by atoms with Crippen LogP contribution in [0.3, 0.4) is 0 Å². The van der Waals surface area contributed by atoms with E-state index in [1.807, 2.05) is 0 Å². The molecule has 0 spiro atoms. The number of hydrogen-bond donors (Lipinski definition) is 0. The van der Waals surface area contributed by atoms with Crippen molar-refractivity contribution in [1.29, 1.82) is 0 Å². The van der Waals surface area contributed by atoms with Crippen molar-refractivity contribution in [3.8, 4) is 5.75 Å². The van der Waals surface area contributed by atoms with Gasteiger partial charge in [0.05, 0.1) is 5.02 Å². The SMILES string of the molecule is FC(F)Oc1cc(Cl)cc(SC(F)(F)F)c1Cl. The second-order valence-electron chi connectivity index (χ2n) is 2.64. The Morgan fingerprint density at radius 3 is 2.24 bits per heavy atom. The van der Waals surface area contributed by atoms with Gasteiger partial charge in [-0.3, -0.25) is 0 Å². The maximum absolute atomic E-state index is 12.1. The van der Waals surface area contributed by atoms with Crippen LogP contribution in [-0.4, -0.2) is 12.1 Å². The predicted octanol–water partition coefficient (Wildman–Crippen LogP) is 5.21. The van der Waals surface area contributed by atoms with E-state index in [-0.39, 0.29) is 5.02 Å². The quantitative estimate of drug-likeness (QED) is 0.560. The number of hydrogen-bond acceptors (Lipinski definition) is 2. The van der Waals surface area contributed by atoms with Gasteiger partial charge >= 0.3 is 12.1 Å². The minimum atomic E-state index is -4.60. The molecule has 0 aliphatic rings. The molecule has 0 aliphatic carbocycles. The van der Waals surface area contributed by atoms with Crippen molar-refractivity contribution in [3.63, 3.8) is 0 Å². The van der Waals surface area contributed by atoms with Crippen molar-refractivity contribution in [1.82, 2.24) is 0 Å². The van der Waals surface area contributed by atoms with Crippen LogP contribution in [0.4, 0.5) is 22.0 Å². The van der Waals surface area contributed by atoms with E-state index in [0.29, 0.717) is 0 Å². The molecule has 1 rings (SSSR count). The Balaban J connectivity index is 3.10. The molecule has 0 N–H and O–H groups in total. The summed E-state index contributed by atoms with van der Waals surface area (Å²) in [5.41, 5.74) is -4.60. The fourth-order valence-electron chi connectivity index (χ4n) is 0.921. The zero-order valence-electron chi connectivity index (χ0n) is 7.69. The second kappa shape index (κ2) is 5.49. The van der Waals surface area contributed by atoms with E-state index in [1.165, 1.54) is 0 Å². The fourth-order valence-corrected chi connectivity index (χ4v) is 2.09. The number of benzene rings is 1. The van der Waals surface area contributed by atoms with Gasteiger partial charge in [0.1, 0.15) is 5.75 Å². The van der Waals surface area contributed by atoms with Crippen LogP contribution in [-0.2, 0) is 0 Å². The topological polar surface area (TPSA) is 9.23 Å². The number of rotatable bonds is 3. The van der Waals surface area contributed by atoms with Crippen molar-refractivity contribution < 1.29 is 26.7 Å². The first-order valence-electron chi connectivity index (χ1n) is 3.88. The molecular formula is C8H3Cl2F5OS. The van der Waals surface area contributed by atoms with Crippen LogP contribution in [0.15, 0.2) is 17.0 Å². The third-order valence-corrected chi connectivity index (χ3v) is 2.91. The molecule has 0 atom stereocenters. The van der Waals surface area contributed by atoms with E-state index in [0.717, 1.165) is 12.1 Å². The molecule has 0 saturated heterocycles. The second-order valence-corrected chi connectivity index (χ2v) is 4.56. The first-order chi connectivity index (χ1) is 7.69. The van der Waals surface area contributed by atoms with E-state index in [4.69, 9.17) is 23.2 Å². The zero-order valence-corrected chi connectivity index (χ0v) is 10.0. The maximum atomic E-state index is 12.1. The van der Waals surface area contributed by atoms with E-state index in [9.17, 15) is 22.0 Å². The van der Waals surface area contributed by atoms with Crippen LogP contribution in [0.5, 0.6) is 5.75 Å². The van der Waals surface area contributed by atoms with Crippen LogP contribution in [0.2, 0.25) is 10.0 Å². The highest BCUT2D eigenvalue weighted by atomic mass is 35.5. The molecule has 96 valence electrons. The van der Waals surface area contributed by atoms with Crippen molar-refractivity contribution in [2.45, 2.75) is 17.0 Å². The number of alkyl halides is 5. The number of ether oxygens (including phenoxy) is 1. The number of thioether (sulfide) groups is 1. The summed E-state index contributed by atoms with van der Waals surface area (Å²) >= 11 is 10.4. The largest absolute Gasteiger partial charge is 0.446 e. The summed E-state index contributed by atoms with van der Waals surface area (Å²) in [7, 11) is 0. The van der Waals surface area contributed by atoms with Gasteiger partial charge in [-0.2, -0.15) is 22.0 Å². The van der Waals surface area contributed by atoms with Gasteiger partial charge in [0.15, 0.2) is 0 Å². The summed E-state index contributed by atoms with van der Waals surface area (Å²) in [6.45, 7) is -3.20. The molecule has 0 fully saturated rings. The standard InChI is InChI=1S/C8H3Cl2F5OS/c9-3-1-4(16-7(11)12)6(10)5(2-3)17-8(13,14)15/h1-2,7H. The van der Waals surface area contributed by atoms with E-state index in [2.05, 4.69) is 4.74 Å². The summed E-state index contributed by atoms with van der Waals surface area (Å²) < 4.78 is 64.2. The van der Waals surface area contributed by atoms with Crippen molar-refractivity contribution >= 4 is 35.0 Å². The van der Waals surface area contributed by atoms with Crippen LogP contribution in [0, 0.1) is 0 Å². The molecule has 9 heteroatoms. The van der Waals surface area contributed by atoms with Crippen molar-refractivity contribution in [3.05, 3.63) is 22.2 Å². The van der Waals surface area contributed by atoms with Crippen LogP contribution in [0.1, 0.15) is 0 Å². The molecule has 0 amide bonds. The molecule has 0 bridgehead atoms. The smallest absolute Gasteiger partial charge is 0.433 e. The summed E-state index contributed by atoms with van der Waals surface area (Å²) in [6, 6.07) is 1.83. The molecule has 1 aromatic carbocycles. The van der Waals surface area contributed by atoms with Gasteiger partial charge in [-0.05, 0) is 17.8 Å². The van der Waals surface area contributed by atoms with E-state index >= 15 is 0 Å². The first kappa shape index (κ1) is 14.7. The Morgan fingerprint density at radius 2 is 1.76 bits per heavy atom. The molecule has 1 nitrogen and oxygen atoms in total. The van der Waals surface area contributed by atoms with Crippen LogP contribution >= 0.6 is 35.0 Å². The monoisotopic (exact) mass is 312 g/mol. The van der Waals surface area contributed by atoms with Gasteiger partial charge in [0.25, 0.3) is 0 Å². The van der Waals surface area contributed by atoms with Gasteiger partial charge in [-0.25, -0.2) is 0 Å². The van der Waals surface area contributed by atoms with E-state index in [1.54, 1.807) is 0 Å². The lowest BCUT2D eigenvalue weighted by Gasteiger charge is -2.12. The fraction of sp³-hybridized carbons (Fsp3) is 0.250. The van der Waals surface area contributed by atoms with Crippen molar-refractivity contribution in [2.24, 2.45) is 0 Å². The van der Waals surface area contributed by atoms with Gasteiger partial charge in [-0.15, -0.1) is 0 Å². The highest BCUT2D eigenvalue weighted by molar-refractivity contribution is 8.00. The van der Waals surface area contributed by atoms with Gasteiger partial charge < -0.3 is 4.74 Å². The van der Waals surface area contributed by atoms with Crippen LogP contribution in [0.25, 0.3) is 0 Å². The Bertz CT molecular complexity index is 410. The number of halogens is 7. The average molecular weight is 313 g/mol. The third-order valence-electron chi connectivity index (χ3n) is 1.41. The van der Waals surface area contributed by atoms with Crippen molar-refractivity contribution in [2.75, 3.05) is 0 Å².